The van der Waals surface area contributed by atoms with Crippen LogP contribution in [0.4, 0.5) is 4.39 Å². The number of rotatable bonds is 6. The molecule has 0 spiro atoms. The summed E-state index contributed by atoms with van der Waals surface area (Å²) in [5.74, 6) is 0.709. The highest BCUT2D eigenvalue weighted by molar-refractivity contribution is 5.94. The van der Waals surface area contributed by atoms with Crippen molar-refractivity contribution in [2.45, 2.75) is 63.8 Å². The molecule has 6 heteroatoms. The van der Waals surface area contributed by atoms with Crippen LogP contribution < -0.4 is 5.32 Å². The van der Waals surface area contributed by atoms with Gasteiger partial charge >= 0.3 is 0 Å². The Kier molecular flexibility index (Phi) is 7.59. The summed E-state index contributed by atoms with van der Waals surface area (Å²) in [4.78, 5) is 30.1. The highest BCUT2D eigenvalue weighted by Gasteiger charge is 2.37. The van der Waals surface area contributed by atoms with E-state index < -0.39 is 0 Å². The molecule has 1 aromatic rings. The fourth-order valence-electron chi connectivity index (χ4n) is 5.70. The van der Waals surface area contributed by atoms with E-state index in [2.05, 4.69) is 10.2 Å². The van der Waals surface area contributed by atoms with Gasteiger partial charge in [-0.1, -0.05) is 38.2 Å². The van der Waals surface area contributed by atoms with E-state index in [9.17, 15) is 14.0 Å². The zero-order valence-electron chi connectivity index (χ0n) is 18.5. The lowest BCUT2D eigenvalue weighted by Gasteiger charge is -2.41. The van der Waals surface area contributed by atoms with Crippen molar-refractivity contribution in [3.8, 4) is 0 Å². The molecule has 31 heavy (non-hydrogen) atoms. The highest BCUT2D eigenvalue weighted by atomic mass is 19.1. The molecule has 1 N–H and O–H groups in total. The monoisotopic (exact) mass is 429 g/mol. The molecule has 2 aliphatic carbocycles. The molecule has 1 saturated heterocycles. The molecule has 0 aromatic heterocycles. The van der Waals surface area contributed by atoms with E-state index in [-0.39, 0.29) is 23.7 Å². The summed E-state index contributed by atoms with van der Waals surface area (Å²) < 4.78 is 13.5. The van der Waals surface area contributed by atoms with E-state index in [1.807, 2.05) is 0 Å². The van der Waals surface area contributed by atoms with Crippen molar-refractivity contribution in [2.75, 3.05) is 32.7 Å². The summed E-state index contributed by atoms with van der Waals surface area (Å²) in [5.41, 5.74) is 0.394. The van der Waals surface area contributed by atoms with Crippen molar-refractivity contribution in [3.05, 3.63) is 35.6 Å². The number of nitrogens with zero attached hydrogens (tertiary/aromatic N) is 2. The molecule has 1 heterocycles. The second-order valence-corrected chi connectivity index (χ2v) is 9.58. The van der Waals surface area contributed by atoms with E-state index >= 15 is 0 Å². The van der Waals surface area contributed by atoms with Gasteiger partial charge in [0.25, 0.3) is 5.91 Å². The maximum Gasteiger partial charge on any atom is 0.254 e. The summed E-state index contributed by atoms with van der Waals surface area (Å²) in [6, 6.07) is 5.81. The second kappa shape index (κ2) is 10.6. The number of halogens is 1. The van der Waals surface area contributed by atoms with Crippen LogP contribution in [-0.4, -0.2) is 60.4 Å². The predicted octanol–water partition coefficient (Wildman–Crippen LogP) is 3.84. The number of carbonyl (C=O) groups is 2. The standard InChI is InChI=1S/C25H36FN3O2/c26-22-12-6-11-21(17-22)25(31)29-15-13-28(14-16-29)23(20-9-4-5-10-20)24(30)27-18-19-7-2-1-3-8-19/h6,11-12,17,19-20,23H,1-5,7-10,13-16,18H2,(H,27,30). The molecule has 3 aliphatic rings. The molecule has 4 rings (SSSR count). The van der Waals surface area contributed by atoms with E-state index in [1.54, 1.807) is 17.0 Å². The average Bonchev–Trinajstić information content (AvgIpc) is 3.33. The third kappa shape index (κ3) is 5.65. The van der Waals surface area contributed by atoms with Crippen molar-refractivity contribution in [3.63, 3.8) is 0 Å². The first-order valence-electron chi connectivity index (χ1n) is 12.2. The van der Waals surface area contributed by atoms with Gasteiger partial charge in [0.1, 0.15) is 5.82 Å². The molecule has 1 aliphatic heterocycles. The SMILES string of the molecule is O=C(NCC1CCCCC1)C(C1CCCC1)N1CCN(C(=O)c2cccc(F)c2)CC1. The Morgan fingerprint density at radius 2 is 1.65 bits per heavy atom. The van der Waals surface area contributed by atoms with Gasteiger partial charge in [-0.25, -0.2) is 4.39 Å². The Morgan fingerprint density at radius 3 is 2.32 bits per heavy atom. The molecule has 2 amide bonds. The van der Waals surface area contributed by atoms with Gasteiger partial charge in [-0.2, -0.15) is 0 Å². The van der Waals surface area contributed by atoms with Crippen LogP contribution >= 0.6 is 0 Å². The first kappa shape index (κ1) is 22.3. The first-order valence-corrected chi connectivity index (χ1v) is 12.2. The Bertz CT molecular complexity index is 751. The third-order valence-electron chi connectivity index (χ3n) is 7.47. The number of hydrogen-bond acceptors (Lipinski definition) is 3. The second-order valence-electron chi connectivity index (χ2n) is 9.58. The van der Waals surface area contributed by atoms with E-state index in [0.29, 0.717) is 43.6 Å². The van der Waals surface area contributed by atoms with Gasteiger partial charge in [-0.3, -0.25) is 14.5 Å². The van der Waals surface area contributed by atoms with Gasteiger partial charge in [0.2, 0.25) is 5.91 Å². The molecule has 170 valence electrons. The van der Waals surface area contributed by atoms with Crippen LogP contribution in [0.3, 0.4) is 0 Å². The first-order chi connectivity index (χ1) is 15.1. The zero-order chi connectivity index (χ0) is 21.6. The average molecular weight is 430 g/mol. The summed E-state index contributed by atoms with van der Waals surface area (Å²) in [6.07, 6.45) is 11.0. The molecule has 3 fully saturated rings. The highest BCUT2D eigenvalue weighted by Crippen LogP contribution is 2.31. The number of benzene rings is 1. The fourth-order valence-corrected chi connectivity index (χ4v) is 5.70. The third-order valence-corrected chi connectivity index (χ3v) is 7.47. The molecule has 1 atom stereocenters. The molecular weight excluding hydrogens is 393 g/mol. The Labute approximate surface area is 185 Å². The lowest BCUT2D eigenvalue weighted by Crippen LogP contribution is -2.58. The van der Waals surface area contributed by atoms with Crippen molar-refractivity contribution in [1.29, 1.82) is 0 Å². The van der Waals surface area contributed by atoms with E-state index in [1.165, 1.54) is 57.1 Å². The minimum absolute atomic E-state index is 0.0856. The van der Waals surface area contributed by atoms with E-state index in [4.69, 9.17) is 0 Å². The maximum absolute atomic E-state index is 13.5. The number of piperazine rings is 1. The summed E-state index contributed by atoms with van der Waals surface area (Å²) in [6.45, 7) is 3.35. The Balaban J connectivity index is 1.35. The van der Waals surface area contributed by atoms with E-state index in [0.717, 1.165) is 19.4 Å². The van der Waals surface area contributed by atoms with Crippen molar-refractivity contribution >= 4 is 11.8 Å². The Morgan fingerprint density at radius 1 is 0.968 bits per heavy atom. The normalized spacial score (nSPS) is 22.4. The predicted molar refractivity (Wildman–Crippen MR) is 119 cm³/mol. The molecule has 5 nitrogen and oxygen atoms in total. The molecule has 1 aromatic carbocycles. The number of nitrogens with one attached hydrogen (secondary N) is 1. The van der Waals surface area contributed by atoms with Crippen molar-refractivity contribution in [2.24, 2.45) is 11.8 Å². The van der Waals surface area contributed by atoms with Crippen LogP contribution in [0.5, 0.6) is 0 Å². The molecule has 0 bridgehead atoms. The maximum atomic E-state index is 13.5. The van der Waals surface area contributed by atoms with Gasteiger partial charge in [0.15, 0.2) is 0 Å². The smallest absolute Gasteiger partial charge is 0.254 e. The van der Waals surface area contributed by atoms with Crippen molar-refractivity contribution < 1.29 is 14.0 Å². The van der Waals surface area contributed by atoms with Crippen LogP contribution in [-0.2, 0) is 4.79 Å². The zero-order valence-corrected chi connectivity index (χ0v) is 18.5. The van der Waals surface area contributed by atoms with Crippen molar-refractivity contribution in [1.82, 2.24) is 15.1 Å². The molecular formula is C25H36FN3O2. The minimum atomic E-state index is -0.388. The Hall–Kier alpha value is -1.95. The van der Waals surface area contributed by atoms with Gasteiger partial charge in [-0.15, -0.1) is 0 Å². The van der Waals surface area contributed by atoms with Crippen LogP contribution in [0.25, 0.3) is 0 Å². The summed E-state index contributed by atoms with van der Waals surface area (Å²) in [7, 11) is 0. The van der Waals surface area contributed by atoms with Gasteiger partial charge in [0, 0.05) is 38.3 Å². The summed E-state index contributed by atoms with van der Waals surface area (Å²) in [5, 5.41) is 3.29. The fraction of sp³-hybridized carbons (Fsp3) is 0.680. The lowest BCUT2D eigenvalue weighted by atomic mass is 9.89. The van der Waals surface area contributed by atoms with Crippen LogP contribution in [0.2, 0.25) is 0 Å². The quantitative estimate of drug-likeness (QED) is 0.748. The number of amides is 2. The molecule has 1 unspecified atom stereocenters. The van der Waals surface area contributed by atoms with Gasteiger partial charge < -0.3 is 10.2 Å². The minimum Gasteiger partial charge on any atom is -0.354 e. The molecule has 2 saturated carbocycles. The largest absolute Gasteiger partial charge is 0.354 e. The number of hydrogen-bond donors (Lipinski definition) is 1. The van der Waals surface area contributed by atoms with Gasteiger partial charge in [0.05, 0.1) is 6.04 Å². The topological polar surface area (TPSA) is 52.7 Å². The lowest BCUT2D eigenvalue weighted by molar-refractivity contribution is -0.129. The van der Waals surface area contributed by atoms with Crippen LogP contribution in [0.1, 0.15) is 68.1 Å². The van der Waals surface area contributed by atoms with Crippen LogP contribution in [0.15, 0.2) is 24.3 Å². The molecule has 0 radical (unpaired) electrons. The number of carbonyl (C=O) groups excluding carboxylic acids is 2. The van der Waals surface area contributed by atoms with Crippen LogP contribution in [0, 0.1) is 17.7 Å². The van der Waals surface area contributed by atoms with Gasteiger partial charge in [-0.05, 0) is 55.7 Å². The summed E-state index contributed by atoms with van der Waals surface area (Å²) >= 11 is 0.